The van der Waals surface area contributed by atoms with Gasteiger partial charge in [0.05, 0.1) is 0 Å². The molecule has 1 nitrogen and oxygen atoms in total. The molecular formula is C32H46O. The summed E-state index contributed by atoms with van der Waals surface area (Å²) in [5.74, 6) is 1.88. The highest BCUT2D eigenvalue weighted by Gasteiger charge is 2.22. The second-order valence-corrected chi connectivity index (χ2v) is 11.4. The molecule has 0 fully saturated rings. The monoisotopic (exact) mass is 446 g/mol. The number of hydrogen-bond donors (Lipinski definition) is 0. The average Bonchev–Trinajstić information content (AvgIpc) is 2.72. The van der Waals surface area contributed by atoms with Gasteiger partial charge in [-0.25, -0.2) is 0 Å². The van der Waals surface area contributed by atoms with Crippen LogP contribution in [0.3, 0.4) is 0 Å². The van der Waals surface area contributed by atoms with Gasteiger partial charge in [0.25, 0.3) is 0 Å². The molecule has 0 unspecified atom stereocenters. The molecule has 2 rings (SSSR count). The Balaban J connectivity index is 3.31. The molecule has 0 atom stereocenters. The van der Waals surface area contributed by atoms with Crippen molar-refractivity contribution in [2.45, 2.75) is 113 Å². The van der Waals surface area contributed by atoms with Gasteiger partial charge in [-0.2, -0.15) is 0 Å². The van der Waals surface area contributed by atoms with Gasteiger partial charge in [0.2, 0.25) is 0 Å². The van der Waals surface area contributed by atoms with E-state index in [1.807, 2.05) is 0 Å². The number of carbonyl (C=O) groups is 1. The van der Waals surface area contributed by atoms with E-state index in [0.29, 0.717) is 29.6 Å². The fourth-order valence-corrected chi connectivity index (χ4v) is 4.68. The Morgan fingerprint density at radius 2 is 1.00 bits per heavy atom. The molecule has 33 heavy (non-hydrogen) atoms. The maximum Gasteiger partial charge on any atom is 0.151 e. The summed E-state index contributed by atoms with van der Waals surface area (Å²) in [7, 11) is 0. The van der Waals surface area contributed by atoms with E-state index in [0.717, 1.165) is 22.6 Å². The minimum absolute atomic E-state index is 0.326. The van der Waals surface area contributed by atoms with Crippen LogP contribution in [0, 0.1) is 0 Å². The van der Waals surface area contributed by atoms with Gasteiger partial charge in [0, 0.05) is 5.57 Å². The predicted molar refractivity (Wildman–Crippen MR) is 146 cm³/mol. The molecule has 0 heterocycles. The van der Waals surface area contributed by atoms with E-state index in [-0.39, 0.29) is 0 Å². The lowest BCUT2D eigenvalue weighted by Gasteiger charge is -2.24. The van der Waals surface area contributed by atoms with Crippen LogP contribution in [0.4, 0.5) is 0 Å². The first-order valence-electron chi connectivity index (χ1n) is 12.8. The van der Waals surface area contributed by atoms with Crippen molar-refractivity contribution >= 4 is 17.4 Å². The van der Waals surface area contributed by atoms with Crippen LogP contribution in [-0.4, -0.2) is 6.29 Å². The molecule has 0 radical (unpaired) electrons. The van der Waals surface area contributed by atoms with Gasteiger partial charge >= 0.3 is 0 Å². The van der Waals surface area contributed by atoms with Crippen LogP contribution in [0.1, 0.15) is 146 Å². The quantitative estimate of drug-likeness (QED) is 0.395. The molecule has 0 bridgehead atoms. The molecule has 0 spiro atoms. The normalized spacial score (nSPS) is 13.0. The molecule has 0 N–H and O–H groups in total. The van der Waals surface area contributed by atoms with E-state index in [2.05, 4.69) is 107 Å². The average molecular weight is 447 g/mol. The summed E-state index contributed by atoms with van der Waals surface area (Å²) in [5.41, 5.74) is 9.81. The summed E-state index contributed by atoms with van der Waals surface area (Å²) in [6.45, 7) is 26.8. The molecule has 2 aromatic carbocycles. The maximum atomic E-state index is 13.0. The van der Waals surface area contributed by atoms with Crippen LogP contribution in [0.2, 0.25) is 0 Å². The summed E-state index contributed by atoms with van der Waals surface area (Å²) in [6, 6.07) is 9.35. The number of carbonyl (C=O) groups excluding carboxylic acids is 1. The van der Waals surface area contributed by atoms with Crippen molar-refractivity contribution in [2.75, 3.05) is 0 Å². The molecule has 0 aliphatic rings. The summed E-state index contributed by atoms with van der Waals surface area (Å²) in [5, 5.41) is 2.34. The number of hydrogen-bond acceptors (Lipinski definition) is 1. The van der Waals surface area contributed by atoms with Crippen molar-refractivity contribution in [3.63, 3.8) is 0 Å². The lowest BCUT2D eigenvalue weighted by Crippen LogP contribution is -2.35. The third-order valence-electron chi connectivity index (χ3n) is 6.81. The Labute approximate surface area is 203 Å². The van der Waals surface area contributed by atoms with Gasteiger partial charge < -0.3 is 0 Å². The van der Waals surface area contributed by atoms with Crippen molar-refractivity contribution in [3.8, 4) is 0 Å². The van der Waals surface area contributed by atoms with E-state index < -0.39 is 0 Å². The van der Waals surface area contributed by atoms with Crippen molar-refractivity contribution in [2.24, 2.45) is 0 Å². The van der Waals surface area contributed by atoms with Gasteiger partial charge in [-0.1, -0.05) is 99.1 Å². The second kappa shape index (κ2) is 10.9. The van der Waals surface area contributed by atoms with E-state index >= 15 is 0 Å². The second-order valence-electron chi connectivity index (χ2n) is 11.4. The Morgan fingerprint density at radius 3 is 1.33 bits per heavy atom. The van der Waals surface area contributed by atoms with E-state index in [1.54, 1.807) is 0 Å². The highest BCUT2D eigenvalue weighted by Crippen LogP contribution is 2.35. The van der Waals surface area contributed by atoms with Crippen LogP contribution in [0.15, 0.2) is 24.3 Å². The number of benzene rings is 2. The van der Waals surface area contributed by atoms with Gasteiger partial charge in [0.1, 0.15) is 0 Å². The smallest absolute Gasteiger partial charge is 0.151 e. The summed E-state index contributed by atoms with van der Waals surface area (Å²) < 4.78 is 0. The van der Waals surface area contributed by atoms with E-state index in [4.69, 9.17) is 0 Å². The first kappa shape index (κ1) is 27.1. The van der Waals surface area contributed by atoms with Crippen LogP contribution in [0.5, 0.6) is 0 Å². The highest BCUT2D eigenvalue weighted by molar-refractivity contribution is 6.08. The molecule has 180 valence electrons. The van der Waals surface area contributed by atoms with Crippen LogP contribution < -0.4 is 10.4 Å². The molecule has 0 saturated heterocycles. The van der Waals surface area contributed by atoms with Crippen molar-refractivity contribution < 1.29 is 4.79 Å². The highest BCUT2D eigenvalue weighted by atomic mass is 16.1. The first-order valence-corrected chi connectivity index (χ1v) is 12.8. The molecular weight excluding hydrogens is 400 g/mol. The van der Waals surface area contributed by atoms with Crippen molar-refractivity contribution in [3.05, 3.63) is 68.1 Å². The largest absolute Gasteiger partial charge is 0.298 e. The van der Waals surface area contributed by atoms with Crippen LogP contribution >= 0.6 is 0 Å². The van der Waals surface area contributed by atoms with E-state index in [1.165, 1.54) is 38.6 Å². The Kier molecular flexibility index (Phi) is 8.91. The minimum Gasteiger partial charge on any atom is -0.298 e. The van der Waals surface area contributed by atoms with Gasteiger partial charge in [-0.05, 0) is 87.3 Å². The third kappa shape index (κ3) is 5.68. The van der Waals surface area contributed by atoms with Crippen molar-refractivity contribution in [1.29, 1.82) is 0 Å². The topological polar surface area (TPSA) is 17.1 Å². The Hall–Kier alpha value is -2.15. The van der Waals surface area contributed by atoms with E-state index in [9.17, 15) is 4.79 Å². The minimum atomic E-state index is 0.326. The molecule has 0 amide bonds. The molecule has 0 aromatic heterocycles. The lowest BCUT2D eigenvalue weighted by molar-refractivity contribution is -0.103. The molecule has 0 aliphatic heterocycles. The molecule has 0 saturated carbocycles. The Morgan fingerprint density at radius 1 is 0.606 bits per heavy atom. The summed E-state index contributed by atoms with van der Waals surface area (Å²) >= 11 is 0. The standard InChI is InChI=1S/C32H46O/c1-18(2)24-13-26(20(5)6)31(27(14-24)21(7)8)30(17-33)32-28(22(9)10)15-25(19(3)4)16-29(32)23(11)12/h13-22H,1-12H3/b32-30+. The van der Waals surface area contributed by atoms with Crippen LogP contribution in [0.25, 0.3) is 11.1 Å². The zero-order chi connectivity index (χ0) is 25.2. The molecule has 2 aromatic rings. The zero-order valence-corrected chi connectivity index (χ0v) is 23.2. The fourth-order valence-electron chi connectivity index (χ4n) is 4.68. The lowest BCUT2D eigenvalue weighted by atomic mass is 9.80. The van der Waals surface area contributed by atoms with Crippen LogP contribution in [-0.2, 0) is 4.79 Å². The maximum absolute atomic E-state index is 13.0. The van der Waals surface area contributed by atoms with Crippen molar-refractivity contribution in [1.82, 2.24) is 0 Å². The fraction of sp³-hybridized carbons (Fsp3) is 0.531. The van der Waals surface area contributed by atoms with Gasteiger partial charge in [-0.15, -0.1) is 0 Å². The number of aldehydes is 1. The molecule has 0 aliphatic carbocycles. The van der Waals surface area contributed by atoms with Gasteiger partial charge in [-0.3, -0.25) is 4.79 Å². The summed E-state index contributed by atoms with van der Waals surface area (Å²) in [6.07, 6.45) is 1.13. The SMILES string of the molecule is CC(C)=c1cc(C(C)C)cc(C(C)C)/c1=C(/C=O)c1c(C(C)C)cc(C(C)C)cc1C(C)C. The third-order valence-corrected chi connectivity index (χ3v) is 6.81. The first-order chi connectivity index (χ1) is 15.3. The zero-order valence-electron chi connectivity index (χ0n) is 23.2. The molecule has 1 heteroatoms. The summed E-state index contributed by atoms with van der Waals surface area (Å²) in [4.78, 5) is 13.0. The Bertz CT molecular complexity index is 1090. The number of rotatable bonds is 7. The predicted octanol–water partition coefficient (Wildman–Crippen LogP) is 7.89. The van der Waals surface area contributed by atoms with Gasteiger partial charge in [0.15, 0.2) is 6.29 Å².